The molecule has 128 valence electrons. The number of nitrogens with one attached hydrogen (secondary N) is 1. The first-order valence-electron chi connectivity index (χ1n) is 8.04. The number of ether oxygens (including phenoxy) is 1. The molecule has 0 saturated carbocycles. The van der Waals surface area contributed by atoms with Crippen molar-refractivity contribution in [2.24, 2.45) is 0 Å². The number of hydrogen-bond acceptors (Lipinski definition) is 4. The number of rotatable bonds is 5. The van der Waals surface area contributed by atoms with E-state index in [0.29, 0.717) is 19.8 Å². The van der Waals surface area contributed by atoms with E-state index < -0.39 is 0 Å². The van der Waals surface area contributed by atoms with E-state index in [9.17, 15) is 9.18 Å². The van der Waals surface area contributed by atoms with Gasteiger partial charge in [-0.05, 0) is 41.6 Å². The minimum atomic E-state index is -0.258. The van der Waals surface area contributed by atoms with E-state index in [1.165, 1.54) is 17.4 Å². The average molecular weight is 348 g/mol. The SMILES string of the molecule is Cc1ccsc1C(=O)NC[C@@H](c1cccc(F)c1)N1CCOCC1. The Kier molecular flexibility index (Phi) is 5.60. The molecule has 6 heteroatoms. The van der Waals surface area contributed by atoms with Gasteiger partial charge in [0.1, 0.15) is 5.82 Å². The third-order valence-corrected chi connectivity index (χ3v) is 5.26. The van der Waals surface area contributed by atoms with Gasteiger partial charge in [0.05, 0.1) is 24.1 Å². The Morgan fingerprint density at radius 3 is 2.83 bits per heavy atom. The van der Waals surface area contributed by atoms with Crippen LogP contribution in [0.3, 0.4) is 0 Å². The van der Waals surface area contributed by atoms with Crippen LogP contribution in [0.1, 0.15) is 26.8 Å². The Labute approximate surface area is 145 Å². The summed E-state index contributed by atoms with van der Waals surface area (Å²) in [5.74, 6) is -0.330. The third-order valence-electron chi connectivity index (χ3n) is 4.24. The Balaban J connectivity index is 1.74. The topological polar surface area (TPSA) is 41.6 Å². The maximum Gasteiger partial charge on any atom is 0.261 e. The minimum Gasteiger partial charge on any atom is -0.379 e. The summed E-state index contributed by atoms with van der Waals surface area (Å²) in [6, 6.07) is 8.48. The van der Waals surface area contributed by atoms with Gasteiger partial charge in [0.15, 0.2) is 0 Å². The van der Waals surface area contributed by atoms with Gasteiger partial charge in [-0.25, -0.2) is 4.39 Å². The van der Waals surface area contributed by atoms with E-state index in [1.54, 1.807) is 12.1 Å². The predicted molar refractivity (Wildman–Crippen MR) is 92.9 cm³/mol. The lowest BCUT2D eigenvalue weighted by Gasteiger charge is -2.35. The molecule has 0 aliphatic carbocycles. The van der Waals surface area contributed by atoms with Gasteiger partial charge >= 0.3 is 0 Å². The highest BCUT2D eigenvalue weighted by Crippen LogP contribution is 2.23. The molecule has 1 aliphatic rings. The Hall–Kier alpha value is -1.76. The fraction of sp³-hybridized carbons (Fsp3) is 0.389. The molecule has 0 unspecified atom stereocenters. The molecule has 1 aromatic carbocycles. The van der Waals surface area contributed by atoms with Crippen molar-refractivity contribution >= 4 is 17.2 Å². The highest BCUT2D eigenvalue weighted by atomic mass is 32.1. The Morgan fingerprint density at radius 1 is 1.38 bits per heavy atom. The number of aryl methyl sites for hydroxylation is 1. The fourth-order valence-corrected chi connectivity index (χ4v) is 3.78. The summed E-state index contributed by atoms with van der Waals surface area (Å²) in [5, 5.41) is 4.92. The molecule has 24 heavy (non-hydrogen) atoms. The first-order valence-corrected chi connectivity index (χ1v) is 8.92. The van der Waals surface area contributed by atoms with Gasteiger partial charge in [0.25, 0.3) is 5.91 Å². The molecule has 0 bridgehead atoms. The van der Waals surface area contributed by atoms with E-state index >= 15 is 0 Å². The maximum atomic E-state index is 13.6. The van der Waals surface area contributed by atoms with Gasteiger partial charge in [-0.1, -0.05) is 12.1 Å². The second-order valence-corrected chi connectivity index (χ2v) is 6.78. The van der Waals surface area contributed by atoms with Gasteiger partial charge in [-0.2, -0.15) is 0 Å². The monoisotopic (exact) mass is 348 g/mol. The van der Waals surface area contributed by atoms with Crippen molar-refractivity contribution in [3.8, 4) is 0 Å². The van der Waals surface area contributed by atoms with Gasteiger partial charge in [-0.15, -0.1) is 11.3 Å². The van der Waals surface area contributed by atoms with Crippen molar-refractivity contribution < 1.29 is 13.9 Å². The lowest BCUT2D eigenvalue weighted by atomic mass is 10.0. The summed E-state index contributed by atoms with van der Waals surface area (Å²) in [5.41, 5.74) is 1.85. The van der Waals surface area contributed by atoms with Gasteiger partial charge in [0, 0.05) is 19.6 Å². The van der Waals surface area contributed by atoms with E-state index in [-0.39, 0.29) is 17.8 Å². The van der Waals surface area contributed by atoms with Gasteiger partial charge in [0.2, 0.25) is 0 Å². The molecule has 1 saturated heterocycles. The van der Waals surface area contributed by atoms with Crippen LogP contribution in [0.15, 0.2) is 35.7 Å². The molecule has 2 heterocycles. The molecule has 1 aliphatic heterocycles. The molecule has 1 amide bonds. The third kappa shape index (κ3) is 4.01. The normalized spacial score (nSPS) is 16.8. The van der Waals surface area contributed by atoms with Crippen LogP contribution in [-0.4, -0.2) is 43.7 Å². The lowest BCUT2D eigenvalue weighted by molar-refractivity contribution is 0.0162. The smallest absolute Gasteiger partial charge is 0.261 e. The Bertz CT molecular complexity index is 698. The highest BCUT2D eigenvalue weighted by Gasteiger charge is 2.24. The molecule has 1 atom stereocenters. The first kappa shape index (κ1) is 17.1. The van der Waals surface area contributed by atoms with Crippen LogP contribution >= 0.6 is 11.3 Å². The molecule has 2 aromatic rings. The summed E-state index contributed by atoms with van der Waals surface area (Å²) in [6.45, 7) is 5.23. The van der Waals surface area contributed by atoms with Crippen molar-refractivity contribution in [1.82, 2.24) is 10.2 Å². The molecule has 1 N–H and O–H groups in total. The van der Waals surface area contributed by atoms with Crippen molar-refractivity contribution in [2.75, 3.05) is 32.8 Å². The quantitative estimate of drug-likeness (QED) is 0.903. The van der Waals surface area contributed by atoms with Crippen LogP contribution in [0.2, 0.25) is 0 Å². The predicted octanol–water partition coefficient (Wildman–Crippen LogP) is 3.00. The zero-order chi connectivity index (χ0) is 16.9. The zero-order valence-electron chi connectivity index (χ0n) is 13.6. The van der Waals surface area contributed by atoms with E-state index in [2.05, 4.69) is 10.2 Å². The van der Waals surface area contributed by atoms with Crippen molar-refractivity contribution in [1.29, 1.82) is 0 Å². The number of carbonyl (C=O) groups is 1. The molecule has 0 spiro atoms. The molecule has 1 aromatic heterocycles. The number of halogens is 1. The van der Waals surface area contributed by atoms with Crippen molar-refractivity contribution in [2.45, 2.75) is 13.0 Å². The highest BCUT2D eigenvalue weighted by molar-refractivity contribution is 7.12. The number of hydrogen-bond donors (Lipinski definition) is 1. The fourth-order valence-electron chi connectivity index (χ4n) is 2.94. The van der Waals surface area contributed by atoms with Gasteiger partial charge < -0.3 is 10.1 Å². The van der Waals surface area contributed by atoms with Crippen molar-refractivity contribution in [3.05, 3.63) is 57.5 Å². The minimum absolute atomic E-state index is 0.0613. The summed E-state index contributed by atoms with van der Waals surface area (Å²) in [4.78, 5) is 15.4. The maximum absolute atomic E-state index is 13.6. The molecule has 3 rings (SSSR count). The summed E-state index contributed by atoms with van der Waals surface area (Å²) >= 11 is 1.44. The number of thiophene rings is 1. The standard InChI is InChI=1S/C18H21FN2O2S/c1-13-5-10-24-17(13)18(22)20-12-16(21-6-8-23-9-7-21)14-3-2-4-15(19)11-14/h2-5,10-11,16H,6-9,12H2,1H3,(H,20,22)/t16-/m0/s1. The molecular formula is C18H21FN2O2S. The summed E-state index contributed by atoms with van der Waals surface area (Å²) in [6.07, 6.45) is 0. The lowest BCUT2D eigenvalue weighted by Crippen LogP contribution is -2.43. The van der Waals surface area contributed by atoms with Crippen LogP contribution in [0, 0.1) is 12.7 Å². The number of morpholine rings is 1. The van der Waals surface area contributed by atoms with Crippen LogP contribution in [0.25, 0.3) is 0 Å². The number of carbonyl (C=O) groups excluding carboxylic acids is 1. The first-order chi connectivity index (χ1) is 11.6. The van der Waals surface area contributed by atoms with Crippen LogP contribution in [-0.2, 0) is 4.74 Å². The zero-order valence-corrected chi connectivity index (χ0v) is 14.4. The Morgan fingerprint density at radius 2 is 2.17 bits per heavy atom. The average Bonchev–Trinajstić information content (AvgIpc) is 3.02. The molecule has 4 nitrogen and oxygen atoms in total. The largest absolute Gasteiger partial charge is 0.379 e. The second-order valence-electron chi connectivity index (χ2n) is 5.86. The van der Waals surface area contributed by atoms with Gasteiger partial charge in [-0.3, -0.25) is 9.69 Å². The van der Waals surface area contributed by atoms with Crippen LogP contribution in [0.5, 0.6) is 0 Å². The summed E-state index contributed by atoms with van der Waals surface area (Å²) < 4.78 is 19.0. The van der Waals surface area contributed by atoms with Crippen molar-refractivity contribution in [3.63, 3.8) is 0 Å². The molecule has 1 fully saturated rings. The second kappa shape index (κ2) is 7.88. The summed E-state index contributed by atoms with van der Waals surface area (Å²) in [7, 11) is 0. The molecular weight excluding hydrogens is 327 g/mol. The van der Waals surface area contributed by atoms with E-state index in [1.807, 2.05) is 24.4 Å². The van der Waals surface area contributed by atoms with E-state index in [4.69, 9.17) is 4.74 Å². The van der Waals surface area contributed by atoms with Crippen LogP contribution < -0.4 is 5.32 Å². The molecule has 0 radical (unpaired) electrons. The number of benzene rings is 1. The number of amides is 1. The van der Waals surface area contributed by atoms with Crippen LogP contribution in [0.4, 0.5) is 4.39 Å². The van der Waals surface area contributed by atoms with E-state index in [0.717, 1.165) is 29.1 Å². The number of nitrogens with zero attached hydrogens (tertiary/aromatic N) is 1.